The van der Waals surface area contributed by atoms with Crippen LogP contribution in [0, 0.1) is 0 Å². The Morgan fingerprint density at radius 1 is 1.18 bits per heavy atom. The predicted molar refractivity (Wildman–Crippen MR) is 124 cm³/mol. The van der Waals surface area contributed by atoms with Crippen LogP contribution in [-0.4, -0.2) is 52.3 Å². The number of nitrogens with two attached hydrogens (primary N) is 1. The summed E-state index contributed by atoms with van der Waals surface area (Å²) in [7, 11) is 0. The third-order valence-corrected chi connectivity index (χ3v) is 6.18. The van der Waals surface area contributed by atoms with Crippen LogP contribution >= 0.6 is 0 Å². The molecule has 0 bridgehead atoms. The highest BCUT2D eigenvalue weighted by Crippen LogP contribution is 2.42. The van der Waals surface area contributed by atoms with E-state index in [4.69, 9.17) is 29.9 Å². The van der Waals surface area contributed by atoms with Gasteiger partial charge in [0.25, 0.3) is 0 Å². The van der Waals surface area contributed by atoms with Gasteiger partial charge in [-0.2, -0.15) is 0 Å². The van der Waals surface area contributed by atoms with E-state index in [1.165, 1.54) is 0 Å². The molecule has 172 valence electrons. The number of nitrogen functional groups attached to an aromatic ring is 1. The monoisotopic (exact) mass is 448 g/mol. The molecule has 0 unspecified atom stereocenters. The highest BCUT2D eigenvalue weighted by atomic mass is 16.5. The molecule has 0 saturated carbocycles. The summed E-state index contributed by atoms with van der Waals surface area (Å²) in [4.78, 5) is 20.4. The van der Waals surface area contributed by atoms with Crippen molar-refractivity contribution in [3.63, 3.8) is 0 Å². The van der Waals surface area contributed by atoms with Gasteiger partial charge in [0.1, 0.15) is 17.2 Å². The minimum atomic E-state index is -0.596. The summed E-state index contributed by atoms with van der Waals surface area (Å²) in [6, 6.07) is 9.99. The van der Waals surface area contributed by atoms with E-state index in [9.17, 15) is 0 Å². The molecule has 1 fully saturated rings. The molecule has 9 heteroatoms. The van der Waals surface area contributed by atoms with Gasteiger partial charge in [0.15, 0.2) is 5.82 Å². The second kappa shape index (κ2) is 8.92. The molecule has 0 aliphatic carbocycles. The molecule has 0 spiro atoms. The van der Waals surface area contributed by atoms with Crippen LogP contribution in [0.1, 0.15) is 31.5 Å². The first-order chi connectivity index (χ1) is 16.0. The number of nitrogens with zero attached hydrogens (tertiary/aromatic N) is 5. The molecule has 0 amide bonds. The van der Waals surface area contributed by atoms with E-state index in [-0.39, 0.29) is 12.0 Å². The number of fused-ring (bicyclic) bond motifs is 1. The number of benzene rings is 1. The van der Waals surface area contributed by atoms with Crippen LogP contribution in [0.25, 0.3) is 11.4 Å². The van der Waals surface area contributed by atoms with Gasteiger partial charge in [-0.1, -0.05) is 18.2 Å². The lowest BCUT2D eigenvalue weighted by Gasteiger charge is -2.35. The van der Waals surface area contributed by atoms with Crippen LogP contribution in [0.15, 0.2) is 42.7 Å². The van der Waals surface area contributed by atoms with E-state index in [2.05, 4.69) is 28.7 Å². The fourth-order valence-corrected chi connectivity index (χ4v) is 4.28. The molecule has 2 aliphatic heterocycles. The Balaban J connectivity index is 1.50. The zero-order chi connectivity index (χ0) is 22.8. The quantitative estimate of drug-likeness (QED) is 0.609. The summed E-state index contributed by atoms with van der Waals surface area (Å²) < 4.78 is 17.9. The van der Waals surface area contributed by atoms with Crippen LogP contribution in [0.3, 0.4) is 0 Å². The van der Waals surface area contributed by atoms with E-state index in [1.807, 2.05) is 30.3 Å². The molecule has 2 N–H and O–H groups in total. The van der Waals surface area contributed by atoms with Gasteiger partial charge in [-0.3, -0.25) is 0 Å². The molecular weight excluding hydrogens is 420 g/mol. The number of ether oxygens (including phenoxy) is 3. The Kier molecular flexibility index (Phi) is 5.82. The molecule has 1 aromatic carbocycles. The van der Waals surface area contributed by atoms with Gasteiger partial charge in [0.2, 0.25) is 5.95 Å². The van der Waals surface area contributed by atoms with Gasteiger partial charge < -0.3 is 24.8 Å². The van der Waals surface area contributed by atoms with E-state index < -0.39 is 5.60 Å². The fraction of sp³-hybridized carbons (Fsp3) is 0.417. The van der Waals surface area contributed by atoms with E-state index in [0.29, 0.717) is 44.2 Å². The number of para-hydroxylation sites is 1. The summed E-state index contributed by atoms with van der Waals surface area (Å²) in [5.41, 5.74) is 7.71. The Hall–Kier alpha value is -3.30. The maximum absolute atomic E-state index is 6.33. The smallest absolute Gasteiger partial charge is 0.219 e. The molecule has 3 aromatic rings. The van der Waals surface area contributed by atoms with E-state index in [0.717, 1.165) is 29.4 Å². The Morgan fingerprint density at radius 2 is 1.97 bits per heavy atom. The lowest BCUT2D eigenvalue weighted by atomic mass is 9.96. The predicted octanol–water partition coefficient (Wildman–Crippen LogP) is 2.96. The number of rotatable bonds is 6. The largest absolute Gasteiger partial charge is 0.493 e. The first kappa shape index (κ1) is 21.5. The van der Waals surface area contributed by atoms with Crippen molar-refractivity contribution in [2.75, 3.05) is 37.0 Å². The third-order valence-electron chi connectivity index (χ3n) is 6.18. The molecule has 2 aliphatic rings. The van der Waals surface area contributed by atoms with Crippen molar-refractivity contribution in [2.24, 2.45) is 0 Å². The van der Waals surface area contributed by atoms with Gasteiger partial charge >= 0.3 is 0 Å². The van der Waals surface area contributed by atoms with Crippen LogP contribution in [-0.2, 0) is 21.7 Å². The Labute approximate surface area is 193 Å². The third kappa shape index (κ3) is 4.34. The molecule has 33 heavy (non-hydrogen) atoms. The SMILES string of the molecule is C[C@H]1COCCN1c1nc(-c2cnc(N)nc2)nc2c1CO[C@@]2(C)CCOc1ccccc1. The van der Waals surface area contributed by atoms with Crippen molar-refractivity contribution in [3.8, 4) is 17.1 Å². The molecule has 9 nitrogen and oxygen atoms in total. The van der Waals surface area contributed by atoms with Crippen molar-refractivity contribution in [2.45, 2.75) is 38.5 Å². The lowest BCUT2D eigenvalue weighted by molar-refractivity contribution is -0.0391. The minimum absolute atomic E-state index is 0.196. The van der Waals surface area contributed by atoms with Gasteiger partial charge in [-0.05, 0) is 26.0 Å². The molecule has 1 saturated heterocycles. The summed E-state index contributed by atoms with van der Waals surface area (Å²) in [6.07, 6.45) is 3.96. The van der Waals surface area contributed by atoms with Gasteiger partial charge in [0.05, 0.1) is 43.7 Å². The van der Waals surface area contributed by atoms with Gasteiger partial charge in [-0.15, -0.1) is 0 Å². The average molecular weight is 449 g/mol. The Bertz CT molecular complexity index is 1110. The highest BCUT2D eigenvalue weighted by Gasteiger charge is 2.41. The maximum atomic E-state index is 6.33. The number of hydrogen-bond acceptors (Lipinski definition) is 9. The molecule has 5 rings (SSSR count). The van der Waals surface area contributed by atoms with Crippen molar-refractivity contribution < 1.29 is 14.2 Å². The minimum Gasteiger partial charge on any atom is -0.493 e. The van der Waals surface area contributed by atoms with Crippen LogP contribution in [0.5, 0.6) is 5.75 Å². The number of hydrogen-bond donors (Lipinski definition) is 1. The molecule has 0 radical (unpaired) electrons. The van der Waals surface area contributed by atoms with Gasteiger partial charge in [-0.25, -0.2) is 19.9 Å². The molecule has 2 atom stereocenters. The summed E-state index contributed by atoms with van der Waals surface area (Å²) in [5.74, 6) is 2.50. The van der Waals surface area contributed by atoms with Crippen molar-refractivity contribution in [1.82, 2.24) is 19.9 Å². The van der Waals surface area contributed by atoms with Crippen molar-refractivity contribution in [3.05, 3.63) is 54.0 Å². The number of morpholine rings is 1. The fourth-order valence-electron chi connectivity index (χ4n) is 4.28. The summed E-state index contributed by atoms with van der Waals surface area (Å²) >= 11 is 0. The zero-order valence-corrected chi connectivity index (χ0v) is 18.9. The molecule has 4 heterocycles. The lowest BCUT2D eigenvalue weighted by Crippen LogP contribution is -2.44. The van der Waals surface area contributed by atoms with Crippen LogP contribution in [0.4, 0.5) is 11.8 Å². The first-order valence-electron chi connectivity index (χ1n) is 11.2. The van der Waals surface area contributed by atoms with Crippen LogP contribution < -0.4 is 15.4 Å². The van der Waals surface area contributed by atoms with Gasteiger partial charge in [0, 0.05) is 30.9 Å². The van der Waals surface area contributed by atoms with Crippen molar-refractivity contribution >= 4 is 11.8 Å². The number of aromatic nitrogens is 4. The zero-order valence-electron chi connectivity index (χ0n) is 18.9. The second-order valence-electron chi connectivity index (χ2n) is 8.58. The standard InChI is InChI=1S/C24H28N6O3/c1-16-14-31-11-9-30(16)22-19-15-33-24(2,8-10-32-18-6-4-3-5-7-18)20(19)28-21(29-22)17-12-26-23(25)27-13-17/h3-7,12-13,16H,8-11,14-15H2,1-2H3,(H2,25,26,27)/t16-,24-/m0/s1. The topological polar surface area (TPSA) is 109 Å². The molecular formula is C24H28N6O3. The maximum Gasteiger partial charge on any atom is 0.219 e. The average Bonchev–Trinajstić information content (AvgIpc) is 3.17. The highest BCUT2D eigenvalue weighted by molar-refractivity contribution is 5.61. The van der Waals surface area contributed by atoms with E-state index in [1.54, 1.807) is 12.4 Å². The Morgan fingerprint density at radius 3 is 2.73 bits per heavy atom. The normalized spacial score (nSPS) is 22.2. The van der Waals surface area contributed by atoms with Crippen LogP contribution in [0.2, 0.25) is 0 Å². The summed E-state index contributed by atoms with van der Waals surface area (Å²) in [6.45, 7) is 7.24. The molecule has 2 aromatic heterocycles. The summed E-state index contributed by atoms with van der Waals surface area (Å²) in [5, 5.41) is 0. The van der Waals surface area contributed by atoms with E-state index >= 15 is 0 Å². The van der Waals surface area contributed by atoms with Crippen molar-refractivity contribution in [1.29, 1.82) is 0 Å². The number of anilines is 2. The second-order valence-corrected chi connectivity index (χ2v) is 8.58. The first-order valence-corrected chi connectivity index (χ1v) is 11.2.